The number of nitrogens with zero attached hydrogens (tertiary/aromatic N) is 2. The summed E-state index contributed by atoms with van der Waals surface area (Å²) in [5.41, 5.74) is 8.07. The van der Waals surface area contributed by atoms with Gasteiger partial charge in [0.05, 0.1) is 24.9 Å². The van der Waals surface area contributed by atoms with E-state index in [1.807, 2.05) is 18.2 Å². The molecule has 0 aliphatic rings. The van der Waals surface area contributed by atoms with Crippen molar-refractivity contribution in [3.8, 4) is 22.8 Å². The predicted octanol–water partition coefficient (Wildman–Crippen LogP) is 5.57. The maximum Gasteiger partial charge on any atom is 0.573 e. The van der Waals surface area contributed by atoms with Crippen LogP contribution < -0.4 is 20.1 Å². The first kappa shape index (κ1) is 25.8. The largest absolute Gasteiger partial charge is 0.573 e. The topological polar surface area (TPSA) is 115 Å². The van der Waals surface area contributed by atoms with E-state index in [1.54, 1.807) is 25.3 Å². The maximum absolute atomic E-state index is 13.5. The van der Waals surface area contributed by atoms with Crippen molar-refractivity contribution in [2.45, 2.75) is 12.8 Å². The predicted molar refractivity (Wildman–Crippen MR) is 133 cm³/mol. The van der Waals surface area contributed by atoms with E-state index >= 15 is 0 Å². The van der Waals surface area contributed by atoms with Gasteiger partial charge in [0.25, 0.3) is 5.91 Å². The Bertz CT molecular complexity index is 1450. The van der Waals surface area contributed by atoms with Crippen LogP contribution in [0, 0.1) is 0 Å². The monoisotopic (exact) mass is 531 g/mol. The van der Waals surface area contributed by atoms with E-state index in [9.17, 15) is 22.8 Å². The lowest BCUT2D eigenvalue weighted by molar-refractivity contribution is -0.274. The van der Waals surface area contributed by atoms with Crippen molar-refractivity contribution >= 4 is 44.8 Å². The van der Waals surface area contributed by atoms with Crippen LogP contribution >= 0.6 is 11.3 Å². The zero-order chi connectivity index (χ0) is 26.7. The van der Waals surface area contributed by atoms with Crippen LogP contribution in [-0.2, 0) is 4.79 Å². The summed E-state index contributed by atoms with van der Waals surface area (Å²) < 4.78 is 46.6. The SMILES string of the molecule is COc1cccc(-c2ccc3c(N)c(C(=O)N(CCC(=O)O)c4ccc(OC(F)(F)F)cc4)sc3n2)c1. The molecule has 4 rings (SSSR count). The number of hydrogen-bond acceptors (Lipinski definition) is 7. The number of ether oxygens (including phenoxy) is 2. The Morgan fingerprint density at radius 2 is 1.81 bits per heavy atom. The Morgan fingerprint density at radius 1 is 1.08 bits per heavy atom. The number of amides is 1. The van der Waals surface area contributed by atoms with Crippen LogP contribution in [0.1, 0.15) is 16.1 Å². The number of nitrogen functional groups attached to an aromatic ring is 1. The molecule has 0 spiro atoms. The standard InChI is InChI=1S/C25H20F3N3O5S/c1-35-17-4-2-3-14(13-17)19-10-9-18-21(29)22(37-23(18)30-19)24(34)31(12-11-20(32)33)15-5-7-16(8-6-15)36-25(26,27)28/h2-10,13H,11-12,29H2,1H3,(H,32,33). The van der Waals surface area contributed by atoms with Gasteiger partial charge in [-0.25, -0.2) is 4.98 Å². The number of pyridine rings is 1. The molecule has 4 aromatic rings. The first-order chi connectivity index (χ1) is 17.6. The molecular formula is C25H20F3N3O5S. The van der Waals surface area contributed by atoms with Gasteiger partial charge >= 0.3 is 12.3 Å². The number of carbonyl (C=O) groups is 2. The van der Waals surface area contributed by atoms with Gasteiger partial charge in [-0.15, -0.1) is 24.5 Å². The molecule has 37 heavy (non-hydrogen) atoms. The fraction of sp³-hybridized carbons (Fsp3) is 0.160. The fourth-order valence-electron chi connectivity index (χ4n) is 3.60. The molecule has 0 radical (unpaired) electrons. The van der Waals surface area contributed by atoms with E-state index in [0.717, 1.165) is 33.9 Å². The van der Waals surface area contributed by atoms with Gasteiger partial charge in [-0.1, -0.05) is 12.1 Å². The molecule has 0 aliphatic carbocycles. The van der Waals surface area contributed by atoms with E-state index in [2.05, 4.69) is 9.72 Å². The molecule has 0 fully saturated rings. The number of rotatable bonds is 8. The molecule has 0 saturated heterocycles. The highest BCUT2D eigenvalue weighted by molar-refractivity contribution is 7.21. The minimum atomic E-state index is -4.87. The van der Waals surface area contributed by atoms with Crippen LogP contribution in [-0.4, -0.2) is 42.0 Å². The minimum Gasteiger partial charge on any atom is -0.497 e. The Balaban J connectivity index is 1.69. The van der Waals surface area contributed by atoms with Crippen molar-refractivity contribution in [2.75, 3.05) is 24.3 Å². The van der Waals surface area contributed by atoms with Crippen LogP contribution in [0.3, 0.4) is 0 Å². The number of methoxy groups -OCH3 is 1. The van der Waals surface area contributed by atoms with Crippen molar-refractivity contribution in [1.29, 1.82) is 0 Å². The molecule has 8 nitrogen and oxygen atoms in total. The highest BCUT2D eigenvalue weighted by Gasteiger charge is 2.31. The molecule has 2 aromatic heterocycles. The number of anilines is 2. The molecule has 192 valence electrons. The molecule has 2 aromatic carbocycles. The highest BCUT2D eigenvalue weighted by atomic mass is 32.1. The summed E-state index contributed by atoms with van der Waals surface area (Å²) in [4.78, 5) is 31.1. The van der Waals surface area contributed by atoms with Crippen molar-refractivity contribution in [2.24, 2.45) is 0 Å². The van der Waals surface area contributed by atoms with Gasteiger partial charge in [0.15, 0.2) is 0 Å². The zero-order valence-corrected chi connectivity index (χ0v) is 20.1. The Morgan fingerprint density at radius 3 is 2.46 bits per heavy atom. The number of halogens is 3. The lowest BCUT2D eigenvalue weighted by Crippen LogP contribution is -2.33. The third-order valence-electron chi connectivity index (χ3n) is 5.33. The smallest absolute Gasteiger partial charge is 0.497 e. The number of aromatic nitrogens is 1. The van der Waals surface area contributed by atoms with E-state index in [1.165, 1.54) is 12.1 Å². The average Bonchev–Trinajstić information content (AvgIpc) is 3.19. The first-order valence-corrected chi connectivity index (χ1v) is 11.6. The lowest BCUT2D eigenvalue weighted by atomic mass is 10.1. The third kappa shape index (κ3) is 5.92. The van der Waals surface area contributed by atoms with Crippen molar-refractivity contribution in [1.82, 2.24) is 4.98 Å². The van der Waals surface area contributed by atoms with E-state index < -0.39 is 30.4 Å². The van der Waals surface area contributed by atoms with E-state index in [4.69, 9.17) is 15.6 Å². The van der Waals surface area contributed by atoms with Gasteiger partial charge in [-0.3, -0.25) is 9.59 Å². The Kier molecular flexibility index (Phi) is 7.21. The number of carbonyl (C=O) groups excluding carboxylic acids is 1. The third-order valence-corrected chi connectivity index (χ3v) is 6.43. The number of hydrogen-bond donors (Lipinski definition) is 2. The quantitative estimate of drug-likeness (QED) is 0.305. The summed E-state index contributed by atoms with van der Waals surface area (Å²) in [6.07, 6.45) is -5.27. The van der Waals surface area contributed by atoms with Gasteiger partial charge in [-0.2, -0.15) is 0 Å². The summed E-state index contributed by atoms with van der Waals surface area (Å²) in [6, 6.07) is 15.4. The van der Waals surface area contributed by atoms with Crippen LogP contribution in [0.2, 0.25) is 0 Å². The van der Waals surface area contributed by atoms with Crippen LogP contribution in [0.4, 0.5) is 24.5 Å². The molecule has 0 saturated carbocycles. The van der Waals surface area contributed by atoms with Gasteiger partial charge in [0.2, 0.25) is 0 Å². The van der Waals surface area contributed by atoms with E-state index in [-0.39, 0.29) is 22.8 Å². The summed E-state index contributed by atoms with van der Waals surface area (Å²) in [6.45, 7) is -0.232. The minimum absolute atomic E-state index is 0.131. The number of fused-ring (bicyclic) bond motifs is 1. The van der Waals surface area contributed by atoms with Crippen molar-refractivity contribution in [3.63, 3.8) is 0 Å². The van der Waals surface area contributed by atoms with Crippen LogP contribution in [0.5, 0.6) is 11.5 Å². The Labute approximate surface area is 212 Å². The number of thiophene rings is 1. The maximum atomic E-state index is 13.5. The number of aliphatic carboxylic acids is 1. The second kappa shape index (κ2) is 10.3. The summed E-state index contributed by atoms with van der Waals surface area (Å²) in [5, 5.41) is 9.70. The molecule has 12 heteroatoms. The molecule has 0 bridgehead atoms. The van der Waals surface area contributed by atoms with Crippen LogP contribution in [0.15, 0.2) is 60.7 Å². The number of carboxylic acids is 1. The number of benzene rings is 2. The molecular weight excluding hydrogens is 511 g/mol. The highest BCUT2D eigenvalue weighted by Crippen LogP contribution is 2.36. The zero-order valence-electron chi connectivity index (χ0n) is 19.3. The summed E-state index contributed by atoms with van der Waals surface area (Å²) in [7, 11) is 1.56. The van der Waals surface area contributed by atoms with Crippen molar-refractivity contribution in [3.05, 3.63) is 65.5 Å². The molecule has 0 unspecified atom stereocenters. The normalized spacial score (nSPS) is 11.4. The number of alkyl halides is 3. The van der Waals surface area contributed by atoms with Gasteiger partial charge in [0, 0.05) is 23.2 Å². The number of nitrogens with two attached hydrogens (primary N) is 1. The van der Waals surface area contributed by atoms with Crippen molar-refractivity contribution < 1.29 is 37.3 Å². The van der Waals surface area contributed by atoms with Gasteiger partial charge in [0.1, 0.15) is 21.2 Å². The lowest BCUT2D eigenvalue weighted by Gasteiger charge is -2.22. The molecule has 2 heterocycles. The average molecular weight is 532 g/mol. The van der Waals surface area contributed by atoms with E-state index in [0.29, 0.717) is 21.7 Å². The molecule has 0 atom stereocenters. The summed E-state index contributed by atoms with van der Waals surface area (Å²) >= 11 is 1.04. The fourth-order valence-corrected chi connectivity index (χ4v) is 4.65. The Hall–Kier alpha value is -4.32. The molecule has 0 aliphatic heterocycles. The van der Waals surface area contributed by atoms with Gasteiger partial charge in [-0.05, 0) is 48.5 Å². The van der Waals surface area contributed by atoms with Gasteiger partial charge < -0.3 is 25.2 Å². The molecule has 1 amide bonds. The molecule has 3 N–H and O–H groups in total. The first-order valence-electron chi connectivity index (χ1n) is 10.8. The second-order valence-electron chi connectivity index (χ2n) is 7.77. The second-order valence-corrected chi connectivity index (χ2v) is 8.77. The van der Waals surface area contributed by atoms with Crippen LogP contribution in [0.25, 0.3) is 21.5 Å². The number of carboxylic acid groups (broad SMARTS) is 1. The summed E-state index contributed by atoms with van der Waals surface area (Å²) in [5.74, 6) is -1.57.